The smallest absolute Gasteiger partial charge is 0.242 e. The van der Waals surface area contributed by atoms with E-state index < -0.39 is 10.0 Å². The first-order chi connectivity index (χ1) is 9.03. The van der Waals surface area contributed by atoms with Crippen molar-refractivity contribution in [3.63, 3.8) is 0 Å². The van der Waals surface area contributed by atoms with E-state index in [1.54, 1.807) is 12.3 Å². The second-order valence-corrected chi connectivity index (χ2v) is 7.48. The quantitative estimate of drug-likeness (QED) is 0.832. The van der Waals surface area contributed by atoms with Crippen molar-refractivity contribution in [2.45, 2.75) is 36.6 Å². The number of hydrogen-bond acceptors (Lipinski definition) is 4. The van der Waals surface area contributed by atoms with Gasteiger partial charge in [0.2, 0.25) is 10.0 Å². The fourth-order valence-electron chi connectivity index (χ4n) is 2.45. The Bertz CT molecular complexity index is 541. The summed E-state index contributed by atoms with van der Waals surface area (Å²) in [4.78, 5) is 4.08. The molecule has 0 bridgehead atoms. The fraction of sp³-hybridized carbons (Fsp3) is 0.583. The number of rotatable bonds is 4. The highest BCUT2D eigenvalue weighted by Crippen LogP contribution is 2.25. The van der Waals surface area contributed by atoms with Crippen LogP contribution in [0.1, 0.15) is 25.7 Å². The maximum atomic E-state index is 12.3. The van der Waals surface area contributed by atoms with Gasteiger partial charge in [-0.15, -0.1) is 12.4 Å². The number of nitrogens with two attached hydrogens (primary N) is 1. The molecule has 1 aromatic rings. The summed E-state index contributed by atoms with van der Waals surface area (Å²) < 4.78 is 28.0. The Hall–Kier alpha value is -0.210. The van der Waals surface area contributed by atoms with Crippen LogP contribution in [0.25, 0.3) is 0 Å². The van der Waals surface area contributed by atoms with Crippen LogP contribution < -0.4 is 10.5 Å². The van der Waals surface area contributed by atoms with Gasteiger partial charge >= 0.3 is 0 Å². The number of sulfonamides is 1. The summed E-state index contributed by atoms with van der Waals surface area (Å²) in [6.07, 6.45) is 6.91. The molecule has 1 aliphatic rings. The van der Waals surface area contributed by atoms with Crippen LogP contribution in [0.5, 0.6) is 0 Å². The Morgan fingerprint density at radius 2 is 2.05 bits per heavy atom. The second-order valence-electron chi connectivity index (χ2n) is 4.85. The Labute approximate surface area is 134 Å². The lowest BCUT2D eigenvalue weighted by molar-refractivity contribution is 0.296. The zero-order chi connectivity index (χ0) is 13.9. The van der Waals surface area contributed by atoms with Crippen LogP contribution in [0, 0.1) is 5.92 Å². The zero-order valence-corrected chi connectivity index (χ0v) is 14.2. The minimum absolute atomic E-state index is 0. The highest BCUT2D eigenvalue weighted by atomic mass is 79.9. The average Bonchev–Trinajstić information content (AvgIpc) is 2.39. The van der Waals surface area contributed by atoms with Crippen molar-refractivity contribution in [1.82, 2.24) is 9.71 Å². The monoisotopic (exact) mass is 383 g/mol. The molecule has 1 heterocycles. The summed E-state index contributed by atoms with van der Waals surface area (Å²) in [5.41, 5.74) is 5.72. The van der Waals surface area contributed by atoms with Gasteiger partial charge in [0.15, 0.2) is 0 Å². The Morgan fingerprint density at radius 3 is 2.70 bits per heavy atom. The van der Waals surface area contributed by atoms with Crippen LogP contribution in [-0.4, -0.2) is 26.0 Å². The van der Waals surface area contributed by atoms with Gasteiger partial charge in [0, 0.05) is 22.9 Å². The van der Waals surface area contributed by atoms with Crippen molar-refractivity contribution in [2.75, 3.05) is 6.54 Å². The number of nitrogens with zero attached hydrogens (tertiary/aromatic N) is 1. The Morgan fingerprint density at radius 1 is 1.35 bits per heavy atom. The minimum Gasteiger partial charge on any atom is -0.330 e. The predicted octanol–water partition coefficient (Wildman–Crippen LogP) is 2.06. The lowest BCUT2D eigenvalue weighted by Crippen LogP contribution is -2.44. The van der Waals surface area contributed by atoms with E-state index in [9.17, 15) is 8.42 Å². The largest absolute Gasteiger partial charge is 0.330 e. The zero-order valence-electron chi connectivity index (χ0n) is 11.0. The lowest BCUT2D eigenvalue weighted by atomic mass is 9.85. The van der Waals surface area contributed by atoms with E-state index in [2.05, 4.69) is 25.6 Å². The summed E-state index contributed by atoms with van der Waals surface area (Å²) in [7, 11) is -3.52. The molecule has 0 aliphatic heterocycles. The number of aromatic nitrogens is 1. The maximum Gasteiger partial charge on any atom is 0.242 e. The van der Waals surface area contributed by atoms with Gasteiger partial charge in [-0.2, -0.15) is 0 Å². The van der Waals surface area contributed by atoms with Crippen molar-refractivity contribution in [1.29, 1.82) is 0 Å². The third-order valence-corrected chi connectivity index (χ3v) is 5.40. The van der Waals surface area contributed by atoms with Crippen molar-refractivity contribution < 1.29 is 8.42 Å². The first-order valence-electron chi connectivity index (χ1n) is 6.36. The van der Waals surface area contributed by atoms with Gasteiger partial charge in [-0.05, 0) is 47.3 Å². The number of halogens is 2. The molecule has 1 aliphatic carbocycles. The summed E-state index contributed by atoms with van der Waals surface area (Å²) in [6.45, 7) is 0.518. The van der Waals surface area contributed by atoms with E-state index >= 15 is 0 Å². The average molecular weight is 385 g/mol. The molecule has 0 saturated heterocycles. The standard InChI is InChI=1S/C12H18BrN3O2S.ClH/c13-10-5-11(8-15-7-10)19(17,18)16-12-4-2-1-3-9(12)6-14;/h5,7-9,12,16H,1-4,6,14H2;1H. The molecule has 0 spiro atoms. The molecule has 0 radical (unpaired) electrons. The van der Waals surface area contributed by atoms with Crippen LogP contribution in [0.4, 0.5) is 0 Å². The summed E-state index contributed by atoms with van der Waals surface area (Å²) in [6, 6.07) is 1.48. The highest BCUT2D eigenvalue weighted by Gasteiger charge is 2.28. The molecule has 20 heavy (non-hydrogen) atoms. The minimum atomic E-state index is -3.52. The van der Waals surface area contributed by atoms with Crippen LogP contribution in [-0.2, 0) is 10.0 Å². The van der Waals surface area contributed by atoms with Crippen LogP contribution >= 0.6 is 28.3 Å². The molecular weight excluding hydrogens is 366 g/mol. The second kappa shape index (κ2) is 7.70. The van der Waals surface area contributed by atoms with Crippen molar-refractivity contribution in [3.05, 3.63) is 22.9 Å². The molecule has 8 heteroatoms. The molecule has 2 atom stereocenters. The van der Waals surface area contributed by atoms with Gasteiger partial charge in [-0.25, -0.2) is 13.1 Å². The molecule has 1 saturated carbocycles. The van der Waals surface area contributed by atoms with Gasteiger partial charge in [-0.3, -0.25) is 4.98 Å². The van der Waals surface area contributed by atoms with E-state index in [4.69, 9.17) is 5.73 Å². The number of hydrogen-bond donors (Lipinski definition) is 2. The molecule has 5 nitrogen and oxygen atoms in total. The molecule has 3 N–H and O–H groups in total. The third-order valence-electron chi connectivity index (χ3n) is 3.51. The van der Waals surface area contributed by atoms with Crippen molar-refractivity contribution in [3.8, 4) is 0 Å². The van der Waals surface area contributed by atoms with E-state index in [-0.39, 0.29) is 29.3 Å². The van der Waals surface area contributed by atoms with Crippen LogP contribution in [0.3, 0.4) is 0 Å². The van der Waals surface area contributed by atoms with Gasteiger partial charge in [-0.1, -0.05) is 12.8 Å². The van der Waals surface area contributed by atoms with Crippen LogP contribution in [0.15, 0.2) is 27.8 Å². The first-order valence-corrected chi connectivity index (χ1v) is 8.63. The first kappa shape index (κ1) is 17.8. The summed E-state index contributed by atoms with van der Waals surface area (Å²) in [5, 5.41) is 0. The Kier molecular flexibility index (Phi) is 6.87. The van der Waals surface area contributed by atoms with Gasteiger partial charge < -0.3 is 5.73 Å². The molecule has 1 fully saturated rings. The molecular formula is C12H19BrClN3O2S. The molecule has 114 valence electrons. The number of pyridine rings is 1. The number of nitrogens with one attached hydrogen (secondary N) is 1. The van der Waals surface area contributed by atoms with Gasteiger partial charge in [0.05, 0.1) is 0 Å². The molecule has 1 aromatic heterocycles. The van der Waals surface area contributed by atoms with Gasteiger partial charge in [0.1, 0.15) is 4.90 Å². The van der Waals surface area contributed by atoms with E-state index in [0.717, 1.165) is 25.7 Å². The normalized spacial score (nSPS) is 23.1. The molecule has 0 amide bonds. The molecule has 2 rings (SSSR count). The summed E-state index contributed by atoms with van der Waals surface area (Å²) >= 11 is 3.23. The molecule has 0 aromatic carbocycles. The van der Waals surface area contributed by atoms with E-state index in [1.165, 1.54) is 6.20 Å². The van der Waals surface area contributed by atoms with E-state index in [1.807, 2.05) is 0 Å². The van der Waals surface area contributed by atoms with E-state index in [0.29, 0.717) is 11.0 Å². The Balaban J connectivity index is 0.00000200. The van der Waals surface area contributed by atoms with Crippen molar-refractivity contribution >= 4 is 38.4 Å². The lowest BCUT2D eigenvalue weighted by Gasteiger charge is -2.30. The summed E-state index contributed by atoms with van der Waals surface area (Å²) in [5.74, 6) is 0.226. The van der Waals surface area contributed by atoms with Crippen molar-refractivity contribution in [2.24, 2.45) is 11.7 Å². The van der Waals surface area contributed by atoms with Gasteiger partial charge in [0.25, 0.3) is 0 Å². The fourth-order valence-corrected chi connectivity index (χ4v) is 4.29. The maximum absolute atomic E-state index is 12.3. The SMILES string of the molecule is Cl.NCC1CCCCC1NS(=O)(=O)c1cncc(Br)c1. The molecule has 2 unspecified atom stereocenters. The van der Waals surface area contributed by atoms with Crippen LogP contribution in [0.2, 0.25) is 0 Å². The predicted molar refractivity (Wildman–Crippen MR) is 84.3 cm³/mol. The third kappa shape index (κ3) is 4.39. The highest BCUT2D eigenvalue weighted by molar-refractivity contribution is 9.10. The topological polar surface area (TPSA) is 85.1 Å².